The molecular formula is C15H23N3O2. The van der Waals surface area contributed by atoms with Crippen molar-refractivity contribution in [1.82, 2.24) is 5.32 Å². The van der Waals surface area contributed by atoms with Gasteiger partial charge in [-0.2, -0.15) is 0 Å². The van der Waals surface area contributed by atoms with Gasteiger partial charge in [0.05, 0.1) is 17.4 Å². The first kappa shape index (κ1) is 14.7. The van der Waals surface area contributed by atoms with E-state index in [0.29, 0.717) is 17.2 Å². The first-order chi connectivity index (χ1) is 9.56. The molecule has 20 heavy (non-hydrogen) atoms. The molecule has 1 aromatic rings. The van der Waals surface area contributed by atoms with Gasteiger partial charge in [-0.05, 0) is 30.5 Å². The normalized spacial score (nSPS) is 22.6. The van der Waals surface area contributed by atoms with Crippen molar-refractivity contribution < 1.29 is 9.53 Å². The van der Waals surface area contributed by atoms with Crippen molar-refractivity contribution in [2.45, 2.75) is 19.4 Å². The number of carbonyl (C=O) groups excluding carboxylic acids is 1. The van der Waals surface area contributed by atoms with E-state index in [4.69, 9.17) is 10.5 Å². The third-order valence-electron chi connectivity index (χ3n) is 4.03. The first-order valence-corrected chi connectivity index (χ1v) is 6.96. The predicted molar refractivity (Wildman–Crippen MR) is 81.0 cm³/mol. The molecule has 0 aromatic heterocycles. The monoisotopic (exact) mass is 277 g/mol. The van der Waals surface area contributed by atoms with Gasteiger partial charge in [-0.3, -0.25) is 4.79 Å². The molecule has 0 radical (unpaired) electrons. The van der Waals surface area contributed by atoms with Gasteiger partial charge in [0.2, 0.25) is 0 Å². The molecule has 0 saturated carbocycles. The van der Waals surface area contributed by atoms with E-state index < -0.39 is 0 Å². The number of nitrogens with two attached hydrogens (primary N) is 1. The Hall–Kier alpha value is -1.75. The summed E-state index contributed by atoms with van der Waals surface area (Å²) in [4.78, 5) is 14.2. The predicted octanol–water partition coefficient (Wildman–Crippen LogP) is 1.49. The molecule has 0 bridgehead atoms. The SMILES string of the molecule is CNC(=O)c1ccc(N)cc1N1CCC(C)C(OC)C1. The molecular weight excluding hydrogens is 254 g/mol. The zero-order chi connectivity index (χ0) is 14.7. The minimum Gasteiger partial charge on any atom is -0.399 e. The highest BCUT2D eigenvalue weighted by Crippen LogP contribution is 2.29. The van der Waals surface area contributed by atoms with Crippen LogP contribution in [0.4, 0.5) is 11.4 Å². The lowest BCUT2D eigenvalue weighted by Crippen LogP contribution is -2.44. The zero-order valence-electron chi connectivity index (χ0n) is 12.3. The van der Waals surface area contributed by atoms with Crippen molar-refractivity contribution in [3.05, 3.63) is 23.8 Å². The fourth-order valence-corrected chi connectivity index (χ4v) is 2.70. The quantitative estimate of drug-likeness (QED) is 0.821. The summed E-state index contributed by atoms with van der Waals surface area (Å²) < 4.78 is 5.54. The highest BCUT2D eigenvalue weighted by Gasteiger charge is 2.28. The summed E-state index contributed by atoms with van der Waals surface area (Å²) in [6.45, 7) is 3.89. The van der Waals surface area contributed by atoms with Gasteiger partial charge in [-0.25, -0.2) is 0 Å². The fraction of sp³-hybridized carbons (Fsp3) is 0.533. The maximum atomic E-state index is 12.0. The number of nitrogens with one attached hydrogen (secondary N) is 1. The first-order valence-electron chi connectivity index (χ1n) is 6.96. The molecule has 1 fully saturated rings. The number of benzene rings is 1. The highest BCUT2D eigenvalue weighted by atomic mass is 16.5. The van der Waals surface area contributed by atoms with Gasteiger partial charge in [-0.1, -0.05) is 6.92 Å². The Morgan fingerprint density at radius 1 is 1.50 bits per heavy atom. The van der Waals surface area contributed by atoms with Crippen LogP contribution in [-0.2, 0) is 4.74 Å². The molecule has 1 amide bonds. The van der Waals surface area contributed by atoms with Crippen molar-refractivity contribution in [3.63, 3.8) is 0 Å². The fourth-order valence-electron chi connectivity index (χ4n) is 2.70. The van der Waals surface area contributed by atoms with Crippen LogP contribution < -0.4 is 16.0 Å². The molecule has 2 rings (SSSR count). The number of hydrogen-bond acceptors (Lipinski definition) is 4. The Labute approximate surface area is 120 Å². The van der Waals surface area contributed by atoms with E-state index in [1.165, 1.54) is 0 Å². The average molecular weight is 277 g/mol. The summed E-state index contributed by atoms with van der Waals surface area (Å²) >= 11 is 0. The molecule has 1 aromatic carbocycles. The molecule has 0 spiro atoms. The molecule has 3 N–H and O–H groups in total. The van der Waals surface area contributed by atoms with Crippen LogP contribution in [0.2, 0.25) is 0 Å². The summed E-state index contributed by atoms with van der Waals surface area (Å²) in [6, 6.07) is 5.41. The van der Waals surface area contributed by atoms with Crippen LogP contribution in [0.3, 0.4) is 0 Å². The van der Waals surface area contributed by atoms with Gasteiger partial charge in [0.25, 0.3) is 5.91 Å². The molecule has 1 saturated heterocycles. The molecule has 1 heterocycles. The molecule has 5 heteroatoms. The van der Waals surface area contributed by atoms with E-state index in [2.05, 4.69) is 17.1 Å². The highest BCUT2D eigenvalue weighted by molar-refractivity contribution is 6.00. The number of methoxy groups -OCH3 is 1. The number of anilines is 2. The Kier molecular flexibility index (Phi) is 4.49. The van der Waals surface area contributed by atoms with Gasteiger partial charge in [0, 0.05) is 32.9 Å². The molecule has 2 atom stereocenters. The number of hydrogen-bond donors (Lipinski definition) is 2. The van der Waals surface area contributed by atoms with E-state index >= 15 is 0 Å². The lowest BCUT2D eigenvalue weighted by atomic mass is 9.94. The number of piperidine rings is 1. The number of ether oxygens (including phenoxy) is 1. The molecule has 5 nitrogen and oxygen atoms in total. The van der Waals surface area contributed by atoms with E-state index in [9.17, 15) is 4.79 Å². The Bertz CT molecular complexity index is 490. The standard InChI is InChI=1S/C15H23N3O2/c1-10-6-7-18(9-14(10)20-3)13-8-11(16)4-5-12(13)15(19)17-2/h4-5,8,10,14H,6-7,9,16H2,1-3H3,(H,17,19). The summed E-state index contributed by atoms with van der Waals surface area (Å²) in [6.07, 6.45) is 1.23. The maximum absolute atomic E-state index is 12.0. The average Bonchev–Trinajstić information content (AvgIpc) is 2.47. The summed E-state index contributed by atoms with van der Waals surface area (Å²) in [5, 5.41) is 2.68. The number of nitrogen functional groups attached to an aromatic ring is 1. The summed E-state index contributed by atoms with van der Waals surface area (Å²) in [5.74, 6) is 0.438. The van der Waals surface area contributed by atoms with E-state index in [-0.39, 0.29) is 12.0 Å². The number of nitrogens with zero attached hydrogens (tertiary/aromatic N) is 1. The van der Waals surface area contributed by atoms with Crippen LogP contribution in [0.25, 0.3) is 0 Å². The Balaban J connectivity index is 2.31. The van der Waals surface area contributed by atoms with Crippen LogP contribution in [0.5, 0.6) is 0 Å². The topological polar surface area (TPSA) is 67.6 Å². The van der Waals surface area contributed by atoms with Crippen molar-refractivity contribution in [3.8, 4) is 0 Å². The molecule has 1 aliphatic rings. The van der Waals surface area contributed by atoms with Gasteiger partial charge in [-0.15, -0.1) is 0 Å². The number of amides is 1. The molecule has 0 aliphatic carbocycles. The minimum absolute atomic E-state index is 0.0902. The van der Waals surface area contributed by atoms with Crippen LogP contribution in [-0.4, -0.2) is 39.3 Å². The second kappa shape index (κ2) is 6.13. The van der Waals surface area contributed by atoms with Gasteiger partial charge < -0.3 is 20.7 Å². The minimum atomic E-state index is -0.0902. The summed E-state index contributed by atoms with van der Waals surface area (Å²) in [5.41, 5.74) is 8.09. The van der Waals surface area contributed by atoms with Gasteiger partial charge >= 0.3 is 0 Å². The van der Waals surface area contributed by atoms with E-state index in [1.54, 1.807) is 26.3 Å². The van der Waals surface area contributed by atoms with Crippen molar-refractivity contribution in [2.75, 3.05) is 37.9 Å². The van der Waals surface area contributed by atoms with Crippen molar-refractivity contribution >= 4 is 17.3 Å². The van der Waals surface area contributed by atoms with Crippen LogP contribution in [0.15, 0.2) is 18.2 Å². The van der Waals surface area contributed by atoms with E-state index in [1.807, 2.05) is 6.07 Å². The van der Waals surface area contributed by atoms with Gasteiger partial charge in [0.15, 0.2) is 0 Å². The smallest absolute Gasteiger partial charge is 0.253 e. The zero-order valence-corrected chi connectivity index (χ0v) is 12.3. The Morgan fingerprint density at radius 3 is 2.90 bits per heavy atom. The largest absolute Gasteiger partial charge is 0.399 e. The van der Waals surface area contributed by atoms with Crippen LogP contribution in [0, 0.1) is 5.92 Å². The van der Waals surface area contributed by atoms with Crippen LogP contribution >= 0.6 is 0 Å². The van der Waals surface area contributed by atoms with Crippen molar-refractivity contribution in [2.24, 2.45) is 5.92 Å². The lowest BCUT2D eigenvalue weighted by Gasteiger charge is -2.38. The van der Waals surface area contributed by atoms with E-state index in [0.717, 1.165) is 25.2 Å². The van der Waals surface area contributed by atoms with Crippen LogP contribution in [0.1, 0.15) is 23.7 Å². The molecule has 1 aliphatic heterocycles. The second-order valence-corrected chi connectivity index (χ2v) is 5.34. The number of rotatable bonds is 3. The Morgan fingerprint density at radius 2 is 2.25 bits per heavy atom. The lowest BCUT2D eigenvalue weighted by molar-refractivity contribution is 0.0497. The van der Waals surface area contributed by atoms with Gasteiger partial charge in [0.1, 0.15) is 0 Å². The third-order valence-corrected chi connectivity index (χ3v) is 4.03. The maximum Gasteiger partial charge on any atom is 0.253 e. The molecule has 2 unspecified atom stereocenters. The summed E-state index contributed by atoms with van der Waals surface area (Å²) in [7, 11) is 3.38. The third kappa shape index (κ3) is 2.88. The second-order valence-electron chi connectivity index (χ2n) is 5.34. The molecule has 110 valence electrons. The number of carbonyl (C=O) groups is 1. The van der Waals surface area contributed by atoms with Crippen molar-refractivity contribution in [1.29, 1.82) is 0 Å².